The highest BCUT2D eigenvalue weighted by atomic mass is 32.2. The SMILES string of the molecule is CC1(C)[C@@H]2CC[C@@]1(CS(=O)(=O)NCCC1CCc3ccccc31)C(=O)C2. The molecule has 0 saturated heterocycles. The molecule has 4 nitrogen and oxygen atoms in total. The van der Waals surface area contributed by atoms with Gasteiger partial charge in [-0.2, -0.15) is 0 Å². The lowest BCUT2D eigenvalue weighted by atomic mass is 9.70. The van der Waals surface area contributed by atoms with Crippen LogP contribution in [0.3, 0.4) is 0 Å². The lowest BCUT2D eigenvalue weighted by Gasteiger charge is -2.36. The Balaban J connectivity index is 1.39. The number of carbonyl (C=O) groups excluding carboxylic acids is 1. The molecule has 0 amide bonds. The zero-order chi connectivity index (χ0) is 18.6. The quantitative estimate of drug-likeness (QED) is 0.829. The normalized spacial score (nSPS) is 32.2. The van der Waals surface area contributed by atoms with Crippen molar-refractivity contribution in [2.24, 2.45) is 16.7 Å². The first-order chi connectivity index (χ1) is 12.3. The zero-order valence-electron chi connectivity index (χ0n) is 15.8. The Labute approximate surface area is 156 Å². The predicted octanol–water partition coefficient (Wildman–Crippen LogP) is 3.42. The first kappa shape index (κ1) is 18.2. The first-order valence-corrected chi connectivity index (χ1v) is 11.5. The van der Waals surface area contributed by atoms with Gasteiger partial charge in [-0.15, -0.1) is 0 Å². The summed E-state index contributed by atoms with van der Waals surface area (Å²) in [6, 6.07) is 8.46. The van der Waals surface area contributed by atoms with Crippen molar-refractivity contribution in [1.29, 1.82) is 0 Å². The van der Waals surface area contributed by atoms with Crippen molar-refractivity contribution in [2.75, 3.05) is 12.3 Å². The second kappa shape index (κ2) is 6.16. The second-order valence-electron chi connectivity index (χ2n) is 9.04. The third-order valence-corrected chi connectivity index (χ3v) is 9.16. The van der Waals surface area contributed by atoms with Crippen LogP contribution in [0.1, 0.15) is 63.0 Å². The molecule has 3 atom stereocenters. The summed E-state index contributed by atoms with van der Waals surface area (Å²) < 4.78 is 28.3. The van der Waals surface area contributed by atoms with Crippen molar-refractivity contribution in [1.82, 2.24) is 4.72 Å². The molecule has 5 heteroatoms. The molecule has 3 aliphatic rings. The summed E-state index contributed by atoms with van der Waals surface area (Å²) in [4.78, 5) is 12.6. The monoisotopic (exact) mass is 375 g/mol. The number of Topliss-reactive ketones (excluding diaryl/α,β-unsaturated/α-hetero) is 1. The van der Waals surface area contributed by atoms with Gasteiger partial charge < -0.3 is 0 Å². The summed E-state index contributed by atoms with van der Waals surface area (Å²) >= 11 is 0. The molecule has 1 unspecified atom stereocenters. The van der Waals surface area contributed by atoms with Gasteiger partial charge in [-0.1, -0.05) is 38.1 Å². The Kier molecular flexibility index (Phi) is 4.31. The molecule has 0 heterocycles. The van der Waals surface area contributed by atoms with Crippen LogP contribution in [-0.4, -0.2) is 26.5 Å². The van der Waals surface area contributed by atoms with Gasteiger partial charge in [0, 0.05) is 18.4 Å². The van der Waals surface area contributed by atoms with Crippen LogP contribution in [0.2, 0.25) is 0 Å². The fraction of sp³-hybridized carbons (Fsp3) is 0.667. The molecule has 142 valence electrons. The van der Waals surface area contributed by atoms with Gasteiger partial charge in [-0.3, -0.25) is 4.79 Å². The van der Waals surface area contributed by atoms with Crippen molar-refractivity contribution < 1.29 is 13.2 Å². The summed E-state index contributed by atoms with van der Waals surface area (Å²) in [6.07, 6.45) is 5.26. The van der Waals surface area contributed by atoms with Gasteiger partial charge in [0.2, 0.25) is 10.0 Å². The van der Waals surface area contributed by atoms with Gasteiger partial charge in [-0.25, -0.2) is 13.1 Å². The molecule has 4 rings (SSSR count). The smallest absolute Gasteiger partial charge is 0.212 e. The van der Waals surface area contributed by atoms with E-state index < -0.39 is 15.4 Å². The summed E-state index contributed by atoms with van der Waals surface area (Å²) in [7, 11) is -3.45. The van der Waals surface area contributed by atoms with E-state index in [0.29, 0.717) is 24.8 Å². The number of rotatable bonds is 6. The number of sulfonamides is 1. The van der Waals surface area contributed by atoms with Crippen LogP contribution in [0, 0.1) is 16.7 Å². The highest BCUT2D eigenvalue weighted by molar-refractivity contribution is 7.89. The summed E-state index contributed by atoms with van der Waals surface area (Å²) in [5.74, 6) is 0.908. The number of fused-ring (bicyclic) bond motifs is 3. The number of carbonyl (C=O) groups is 1. The number of nitrogens with one attached hydrogen (secondary N) is 1. The van der Waals surface area contributed by atoms with Gasteiger partial charge in [0.05, 0.1) is 5.75 Å². The minimum atomic E-state index is -3.45. The van der Waals surface area contributed by atoms with Crippen molar-refractivity contribution >= 4 is 15.8 Å². The van der Waals surface area contributed by atoms with Crippen LogP contribution >= 0.6 is 0 Å². The minimum absolute atomic E-state index is 0.0381. The molecule has 0 aliphatic heterocycles. The molecule has 1 aromatic carbocycles. The Bertz CT molecular complexity index is 829. The maximum absolute atomic E-state index is 12.8. The summed E-state index contributed by atoms with van der Waals surface area (Å²) in [5.41, 5.74) is 1.89. The number of aryl methyl sites for hydroxylation is 1. The molecule has 2 saturated carbocycles. The molecule has 0 aromatic heterocycles. The van der Waals surface area contributed by atoms with Gasteiger partial charge in [0.25, 0.3) is 0 Å². The summed E-state index contributed by atoms with van der Waals surface area (Å²) in [5, 5.41) is 0. The molecule has 0 spiro atoms. The fourth-order valence-electron chi connectivity index (χ4n) is 5.82. The summed E-state index contributed by atoms with van der Waals surface area (Å²) in [6.45, 7) is 4.62. The Morgan fingerprint density at radius 1 is 1.19 bits per heavy atom. The largest absolute Gasteiger partial charge is 0.299 e. The van der Waals surface area contributed by atoms with E-state index in [1.807, 2.05) is 0 Å². The average Bonchev–Trinajstić information content (AvgIpc) is 3.14. The first-order valence-electron chi connectivity index (χ1n) is 9.84. The average molecular weight is 376 g/mol. The van der Waals surface area contributed by atoms with Crippen molar-refractivity contribution in [2.45, 2.75) is 58.3 Å². The molecule has 26 heavy (non-hydrogen) atoms. The molecular formula is C21H29NO3S. The van der Waals surface area contributed by atoms with E-state index in [2.05, 4.69) is 42.8 Å². The molecule has 1 aromatic rings. The van der Waals surface area contributed by atoms with Crippen LogP contribution in [0.25, 0.3) is 0 Å². The van der Waals surface area contributed by atoms with Crippen LogP contribution in [0.15, 0.2) is 24.3 Å². The van der Waals surface area contributed by atoms with Crippen LogP contribution in [0.5, 0.6) is 0 Å². The number of hydrogen-bond donors (Lipinski definition) is 1. The standard InChI is InChI=1S/C21H29NO3S/c1-20(2)17-9-11-21(20,19(23)13-17)14-26(24,25)22-12-10-16-8-7-15-5-3-4-6-18(15)16/h3-6,16-17,22H,7-14H2,1-2H3/t16?,17-,21-/m1/s1. The van der Waals surface area contributed by atoms with E-state index >= 15 is 0 Å². The third-order valence-electron chi connectivity index (χ3n) is 7.65. The van der Waals surface area contributed by atoms with Crippen molar-refractivity contribution in [3.8, 4) is 0 Å². The van der Waals surface area contributed by atoms with Gasteiger partial charge in [0.1, 0.15) is 5.78 Å². The van der Waals surface area contributed by atoms with Crippen LogP contribution in [0.4, 0.5) is 0 Å². The van der Waals surface area contributed by atoms with E-state index in [9.17, 15) is 13.2 Å². The van der Waals surface area contributed by atoms with Crippen molar-refractivity contribution in [3.05, 3.63) is 35.4 Å². The Morgan fingerprint density at radius 2 is 1.96 bits per heavy atom. The zero-order valence-corrected chi connectivity index (χ0v) is 16.6. The van der Waals surface area contributed by atoms with Crippen LogP contribution in [-0.2, 0) is 21.2 Å². The predicted molar refractivity (Wildman–Crippen MR) is 102 cm³/mol. The Hall–Kier alpha value is -1.20. The van der Waals surface area contributed by atoms with E-state index in [-0.39, 0.29) is 17.0 Å². The van der Waals surface area contributed by atoms with E-state index in [1.54, 1.807) is 0 Å². The van der Waals surface area contributed by atoms with Gasteiger partial charge >= 0.3 is 0 Å². The molecule has 0 radical (unpaired) electrons. The van der Waals surface area contributed by atoms with Gasteiger partial charge in [0.15, 0.2) is 0 Å². The van der Waals surface area contributed by atoms with Gasteiger partial charge in [-0.05, 0) is 60.5 Å². The van der Waals surface area contributed by atoms with E-state index in [1.165, 1.54) is 11.1 Å². The highest BCUT2D eigenvalue weighted by Crippen LogP contribution is 2.64. The van der Waals surface area contributed by atoms with E-state index in [4.69, 9.17) is 0 Å². The molecule has 2 fully saturated rings. The van der Waals surface area contributed by atoms with E-state index in [0.717, 1.165) is 32.1 Å². The number of benzene rings is 1. The minimum Gasteiger partial charge on any atom is -0.299 e. The molecule has 3 aliphatic carbocycles. The molecular weight excluding hydrogens is 346 g/mol. The second-order valence-corrected chi connectivity index (χ2v) is 10.9. The molecule has 1 N–H and O–H groups in total. The van der Waals surface area contributed by atoms with Crippen LogP contribution < -0.4 is 4.72 Å². The Morgan fingerprint density at radius 3 is 2.65 bits per heavy atom. The maximum atomic E-state index is 12.8. The number of ketones is 1. The topological polar surface area (TPSA) is 63.2 Å². The lowest BCUT2D eigenvalue weighted by Crippen LogP contribution is -2.45. The number of hydrogen-bond acceptors (Lipinski definition) is 3. The lowest BCUT2D eigenvalue weighted by molar-refractivity contribution is -0.128. The maximum Gasteiger partial charge on any atom is 0.212 e. The van der Waals surface area contributed by atoms with Crippen molar-refractivity contribution in [3.63, 3.8) is 0 Å². The third kappa shape index (κ3) is 2.75. The molecule has 2 bridgehead atoms. The fourth-order valence-corrected chi connectivity index (χ4v) is 7.67. The highest BCUT2D eigenvalue weighted by Gasteiger charge is 2.65.